The Morgan fingerprint density at radius 1 is 1.07 bits per heavy atom. The molecule has 0 bridgehead atoms. The van der Waals surface area contributed by atoms with Gasteiger partial charge in [0, 0.05) is 24.5 Å². The number of esters is 1. The van der Waals surface area contributed by atoms with Crippen LogP contribution in [0.25, 0.3) is 11.0 Å². The van der Waals surface area contributed by atoms with E-state index in [-0.39, 0.29) is 19.1 Å². The summed E-state index contributed by atoms with van der Waals surface area (Å²) in [6, 6.07) is 15.1. The van der Waals surface area contributed by atoms with Crippen molar-refractivity contribution < 1.29 is 19.1 Å². The minimum atomic E-state index is -0.494. The highest BCUT2D eigenvalue weighted by Crippen LogP contribution is 2.19. The summed E-state index contributed by atoms with van der Waals surface area (Å²) >= 11 is 0. The van der Waals surface area contributed by atoms with Gasteiger partial charge in [0.05, 0.1) is 30.6 Å². The van der Waals surface area contributed by atoms with E-state index in [0.29, 0.717) is 5.69 Å². The monoisotopic (exact) mass is 394 g/mol. The Kier molecular flexibility index (Phi) is 5.71. The second-order valence-corrected chi connectivity index (χ2v) is 6.72. The summed E-state index contributed by atoms with van der Waals surface area (Å²) < 4.78 is 12.1. The molecule has 1 fully saturated rings. The van der Waals surface area contributed by atoms with Crippen LogP contribution in [0.5, 0.6) is 0 Å². The number of imidazole rings is 1. The normalized spacial score (nSPS) is 14.0. The number of morpholine rings is 1. The number of nitrogens with zero attached hydrogens (tertiary/aromatic N) is 3. The molecule has 0 radical (unpaired) electrons. The molecule has 8 nitrogen and oxygen atoms in total. The Morgan fingerprint density at radius 3 is 2.62 bits per heavy atom. The summed E-state index contributed by atoms with van der Waals surface area (Å²) in [6.07, 6.45) is 1.59. The van der Waals surface area contributed by atoms with E-state index in [1.807, 2.05) is 48.5 Å². The van der Waals surface area contributed by atoms with Gasteiger partial charge < -0.3 is 24.3 Å². The number of para-hydroxylation sites is 2. The van der Waals surface area contributed by atoms with Crippen molar-refractivity contribution in [3.63, 3.8) is 0 Å². The van der Waals surface area contributed by atoms with Crippen LogP contribution < -0.4 is 10.2 Å². The quantitative estimate of drug-likeness (QED) is 0.644. The van der Waals surface area contributed by atoms with E-state index < -0.39 is 5.97 Å². The molecule has 4 rings (SSSR count). The van der Waals surface area contributed by atoms with Crippen molar-refractivity contribution in [2.75, 3.05) is 43.1 Å². The minimum Gasteiger partial charge on any atom is -0.454 e. The predicted molar refractivity (Wildman–Crippen MR) is 109 cm³/mol. The molecular formula is C21H22N4O4. The zero-order valence-electron chi connectivity index (χ0n) is 15.9. The Morgan fingerprint density at radius 2 is 1.83 bits per heavy atom. The maximum Gasteiger partial charge on any atom is 0.326 e. The number of amides is 1. The maximum atomic E-state index is 12.1. The number of aromatic nitrogens is 2. The number of hydrogen-bond donors (Lipinski definition) is 1. The average molecular weight is 394 g/mol. The van der Waals surface area contributed by atoms with E-state index in [1.165, 1.54) is 0 Å². The molecular weight excluding hydrogens is 372 g/mol. The summed E-state index contributed by atoms with van der Waals surface area (Å²) in [6.45, 7) is 2.82. The van der Waals surface area contributed by atoms with Crippen molar-refractivity contribution in [2.45, 2.75) is 6.54 Å². The van der Waals surface area contributed by atoms with E-state index in [1.54, 1.807) is 10.9 Å². The fraction of sp³-hybridized carbons (Fsp3) is 0.286. The van der Waals surface area contributed by atoms with Crippen LogP contribution in [0.1, 0.15) is 0 Å². The highest BCUT2D eigenvalue weighted by molar-refractivity contribution is 5.93. The van der Waals surface area contributed by atoms with Crippen molar-refractivity contribution in [3.05, 3.63) is 54.9 Å². The van der Waals surface area contributed by atoms with Gasteiger partial charge in [0.1, 0.15) is 6.54 Å². The highest BCUT2D eigenvalue weighted by atomic mass is 16.5. The van der Waals surface area contributed by atoms with Crippen LogP contribution in [0, 0.1) is 0 Å². The van der Waals surface area contributed by atoms with Gasteiger partial charge in [-0.3, -0.25) is 9.59 Å². The van der Waals surface area contributed by atoms with Crippen LogP contribution in [0.3, 0.4) is 0 Å². The predicted octanol–water partition coefficient (Wildman–Crippen LogP) is 2.05. The fourth-order valence-corrected chi connectivity index (χ4v) is 3.24. The largest absolute Gasteiger partial charge is 0.454 e. The van der Waals surface area contributed by atoms with Crippen LogP contribution in [-0.2, 0) is 25.6 Å². The molecule has 1 aromatic heterocycles. The van der Waals surface area contributed by atoms with Crippen LogP contribution >= 0.6 is 0 Å². The number of carbonyl (C=O) groups excluding carboxylic acids is 2. The summed E-state index contributed by atoms with van der Waals surface area (Å²) in [5, 5.41) is 2.74. The highest BCUT2D eigenvalue weighted by Gasteiger charge is 2.13. The Labute approximate surface area is 168 Å². The van der Waals surface area contributed by atoms with Crippen molar-refractivity contribution in [1.29, 1.82) is 0 Å². The minimum absolute atomic E-state index is 0.00202. The number of hydrogen-bond acceptors (Lipinski definition) is 6. The van der Waals surface area contributed by atoms with E-state index in [4.69, 9.17) is 9.47 Å². The molecule has 0 aliphatic carbocycles. The van der Waals surface area contributed by atoms with Crippen LogP contribution in [0.15, 0.2) is 54.9 Å². The molecule has 0 spiro atoms. The van der Waals surface area contributed by atoms with Gasteiger partial charge in [0.15, 0.2) is 6.61 Å². The standard InChI is InChI=1S/C21H22N4O4/c26-20(23-16-5-7-17(8-6-16)24-9-11-28-12-10-24)14-29-21(27)13-25-15-22-18-3-1-2-4-19(18)25/h1-8,15H,9-14H2,(H,23,26). The fourth-order valence-electron chi connectivity index (χ4n) is 3.24. The van der Waals surface area contributed by atoms with Crippen LogP contribution in [0.4, 0.5) is 11.4 Å². The third-order valence-electron chi connectivity index (χ3n) is 4.72. The van der Waals surface area contributed by atoms with Crippen molar-refractivity contribution in [3.8, 4) is 0 Å². The number of anilines is 2. The SMILES string of the molecule is O=C(COC(=O)Cn1cnc2ccccc21)Nc1ccc(N2CCOCC2)cc1. The van der Waals surface area contributed by atoms with Gasteiger partial charge in [-0.1, -0.05) is 12.1 Å². The Balaban J connectivity index is 1.25. The smallest absolute Gasteiger partial charge is 0.326 e. The van der Waals surface area contributed by atoms with Gasteiger partial charge in [-0.15, -0.1) is 0 Å². The molecule has 3 aromatic rings. The molecule has 0 atom stereocenters. The molecule has 29 heavy (non-hydrogen) atoms. The zero-order valence-corrected chi connectivity index (χ0v) is 15.9. The third kappa shape index (κ3) is 4.72. The number of nitrogens with one attached hydrogen (secondary N) is 1. The second kappa shape index (κ2) is 8.74. The first kappa shape index (κ1) is 18.9. The van der Waals surface area contributed by atoms with Gasteiger partial charge in [0.2, 0.25) is 0 Å². The van der Waals surface area contributed by atoms with E-state index in [0.717, 1.165) is 43.0 Å². The summed E-state index contributed by atoms with van der Waals surface area (Å²) in [4.78, 5) is 30.6. The first-order valence-corrected chi connectivity index (χ1v) is 9.47. The Hall–Kier alpha value is -3.39. The first-order chi connectivity index (χ1) is 14.2. The molecule has 0 unspecified atom stereocenters. The molecule has 150 valence electrons. The average Bonchev–Trinajstić information content (AvgIpc) is 3.16. The number of ether oxygens (including phenoxy) is 2. The van der Waals surface area contributed by atoms with Crippen LogP contribution in [0.2, 0.25) is 0 Å². The second-order valence-electron chi connectivity index (χ2n) is 6.72. The molecule has 1 N–H and O–H groups in total. The summed E-state index contributed by atoms with van der Waals surface area (Å²) in [5.74, 6) is -0.876. The molecule has 2 aromatic carbocycles. The van der Waals surface area contributed by atoms with Gasteiger partial charge in [0.25, 0.3) is 5.91 Å². The summed E-state index contributed by atoms with van der Waals surface area (Å²) in [7, 11) is 0. The van der Waals surface area contributed by atoms with E-state index >= 15 is 0 Å². The van der Waals surface area contributed by atoms with Gasteiger partial charge in [-0.2, -0.15) is 0 Å². The summed E-state index contributed by atoms with van der Waals surface area (Å²) in [5.41, 5.74) is 3.39. The van der Waals surface area contributed by atoms with Crippen molar-refractivity contribution in [2.24, 2.45) is 0 Å². The van der Waals surface area contributed by atoms with Gasteiger partial charge >= 0.3 is 5.97 Å². The molecule has 1 amide bonds. The molecule has 8 heteroatoms. The number of fused-ring (bicyclic) bond motifs is 1. The Bertz CT molecular complexity index is 993. The van der Waals surface area contributed by atoms with Gasteiger partial charge in [-0.25, -0.2) is 4.98 Å². The lowest BCUT2D eigenvalue weighted by Crippen LogP contribution is -2.36. The lowest BCUT2D eigenvalue weighted by atomic mass is 10.2. The van der Waals surface area contributed by atoms with Crippen molar-refractivity contribution >= 4 is 34.3 Å². The topological polar surface area (TPSA) is 85.7 Å². The molecule has 1 aliphatic heterocycles. The number of benzene rings is 2. The zero-order chi connectivity index (χ0) is 20.1. The molecule has 1 saturated heterocycles. The first-order valence-electron chi connectivity index (χ1n) is 9.47. The van der Waals surface area contributed by atoms with Gasteiger partial charge in [-0.05, 0) is 36.4 Å². The van der Waals surface area contributed by atoms with Crippen LogP contribution in [-0.4, -0.2) is 54.3 Å². The molecule has 0 saturated carbocycles. The molecule has 1 aliphatic rings. The van der Waals surface area contributed by atoms with E-state index in [2.05, 4.69) is 15.2 Å². The number of carbonyl (C=O) groups is 2. The molecule has 2 heterocycles. The third-order valence-corrected chi connectivity index (χ3v) is 4.72. The number of rotatable bonds is 6. The lowest BCUT2D eigenvalue weighted by molar-refractivity contribution is -0.147. The maximum absolute atomic E-state index is 12.1. The van der Waals surface area contributed by atoms with E-state index in [9.17, 15) is 9.59 Å². The lowest BCUT2D eigenvalue weighted by Gasteiger charge is -2.28. The van der Waals surface area contributed by atoms with Crippen molar-refractivity contribution in [1.82, 2.24) is 9.55 Å².